The van der Waals surface area contributed by atoms with Crippen molar-refractivity contribution in [1.29, 1.82) is 0 Å². The van der Waals surface area contributed by atoms with E-state index in [9.17, 15) is 28.8 Å². The molecule has 9 fully saturated rings. The number of H-pyrrole nitrogens is 1. The van der Waals surface area contributed by atoms with Gasteiger partial charge in [-0.15, -0.1) is 23.2 Å². The highest BCUT2D eigenvalue weighted by Gasteiger charge is 2.40. The number of rotatable bonds is 10. The lowest BCUT2D eigenvalue weighted by molar-refractivity contribution is -0.149. The highest BCUT2D eigenvalue weighted by Crippen LogP contribution is 2.29. The number of carbonyl (C=O) groups excluding carboxylic acids is 6. The Morgan fingerprint density at radius 3 is 1.23 bits per heavy atom. The van der Waals surface area contributed by atoms with Crippen molar-refractivity contribution in [2.24, 2.45) is 17.8 Å². The van der Waals surface area contributed by atoms with Crippen LogP contribution in [0.15, 0.2) is 36.9 Å². The van der Waals surface area contributed by atoms with Gasteiger partial charge in [-0.1, -0.05) is 19.3 Å². The van der Waals surface area contributed by atoms with Gasteiger partial charge in [-0.05, 0) is 81.5 Å². The summed E-state index contributed by atoms with van der Waals surface area (Å²) in [7, 11) is 0. The van der Waals surface area contributed by atoms with Crippen molar-refractivity contribution < 1.29 is 28.8 Å². The minimum atomic E-state index is -0.508. The number of halogens is 3. The first kappa shape index (κ1) is 56.9. The van der Waals surface area contributed by atoms with Crippen molar-refractivity contribution in [2.45, 2.75) is 102 Å². The molecular weight excluding hydrogens is 997 g/mol. The van der Waals surface area contributed by atoms with Gasteiger partial charge in [0.2, 0.25) is 34.8 Å². The molecule has 3 aliphatic carbocycles. The highest BCUT2D eigenvalue weighted by atomic mass is 35.5. The molecule has 19 nitrogen and oxygen atoms in total. The Labute approximate surface area is 446 Å². The number of aromatic amines is 1. The minimum Gasteiger partial charge on any atom is -0.341 e. The molecule has 73 heavy (non-hydrogen) atoms. The summed E-state index contributed by atoms with van der Waals surface area (Å²) in [5, 5.41) is 12.9. The molecule has 5 amide bonds. The zero-order valence-corrected chi connectivity index (χ0v) is 45.0. The normalized spacial score (nSPS) is 22.8. The molecule has 0 radical (unpaired) electrons. The van der Waals surface area contributed by atoms with Crippen molar-refractivity contribution in [1.82, 2.24) is 64.5 Å². The van der Waals surface area contributed by atoms with Gasteiger partial charge < -0.3 is 29.8 Å². The van der Waals surface area contributed by atoms with Gasteiger partial charge in [-0.25, -0.2) is 0 Å². The molecule has 0 atom stereocenters. The zero-order chi connectivity index (χ0) is 51.5. The van der Waals surface area contributed by atoms with Crippen LogP contribution in [-0.4, -0.2) is 242 Å². The van der Waals surface area contributed by atoms with Crippen LogP contribution in [0.5, 0.6) is 0 Å². The molecule has 0 bridgehead atoms. The molecule has 406 valence electrons. The largest absolute Gasteiger partial charge is 0.341 e. The van der Waals surface area contributed by atoms with Crippen LogP contribution in [0.3, 0.4) is 0 Å². The van der Waals surface area contributed by atoms with E-state index in [1.807, 2.05) is 21.9 Å². The average molecular weight is 1080 g/mol. The van der Waals surface area contributed by atoms with Gasteiger partial charge in [0.1, 0.15) is 12.4 Å². The van der Waals surface area contributed by atoms with E-state index in [0.29, 0.717) is 32.1 Å². The van der Waals surface area contributed by atoms with Gasteiger partial charge in [0.15, 0.2) is 0 Å². The molecule has 11 rings (SSSR count). The smallest absolute Gasteiger partial charge is 0.244 e. The Morgan fingerprint density at radius 2 is 0.932 bits per heavy atom. The molecule has 0 aromatic carbocycles. The molecule has 2 aromatic rings. The third kappa shape index (κ3) is 16.8. The summed E-state index contributed by atoms with van der Waals surface area (Å²) >= 11 is 15.1. The second kappa shape index (κ2) is 29.4. The fourth-order valence-electron chi connectivity index (χ4n) is 10.7. The van der Waals surface area contributed by atoms with E-state index in [1.165, 1.54) is 64.3 Å². The fourth-order valence-corrected chi connectivity index (χ4v) is 10.8. The van der Waals surface area contributed by atoms with E-state index in [0.717, 1.165) is 122 Å². The van der Waals surface area contributed by atoms with Gasteiger partial charge in [-0.3, -0.25) is 53.2 Å². The van der Waals surface area contributed by atoms with Gasteiger partial charge in [0.05, 0.1) is 23.6 Å². The molecule has 6 aliphatic heterocycles. The summed E-state index contributed by atoms with van der Waals surface area (Å²) in [5.41, 5.74) is 0. The summed E-state index contributed by atoms with van der Waals surface area (Å²) in [5.74, 6) is 0.992. The lowest BCUT2D eigenvalue weighted by atomic mass is 9.91. The number of hydrogen-bond donors (Lipinski definition) is 2. The summed E-state index contributed by atoms with van der Waals surface area (Å²) in [6.45, 7) is 16.1. The van der Waals surface area contributed by atoms with Crippen molar-refractivity contribution in [3.05, 3.63) is 36.9 Å². The first-order chi connectivity index (χ1) is 35.5. The second-order valence-electron chi connectivity index (χ2n) is 20.8. The van der Waals surface area contributed by atoms with E-state index in [1.54, 1.807) is 39.3 Å². The molecule has 22 heteroatoms. The molecule has 3 saturated carbocycles. The number of alkyl halides is 2. The maximum Gasteiger partial charge on any atom is 0.244 e. The standard InChI is InChI=1S/C18H27N5O2.C15H24ClN3O2.C13H23N3O.C3H4N2.C2H2Cl2O/c24-17(14-23-9-2-6-19-23)22-12-15(13-22)18(25)21-8-3-7-20(10-11-21)16-4-1-5-16;16-9-14(20)19-10-12(11-19)15(21)18-6-2-5-17(7-8-18)13-3-1-4-13;17-13(11-9-14-10-11)16-6-2-5-15(7-8-16)12-3-1-4-12;1-2-4-5-3-1;3-1-2(4)5/h2,6,9,15-16H,1,3-5,7-8,10-14H2;12-13H,1-11H2;11-12,14H,1-10H2;1-3H,(H,4,5);1H2. The fraction of sp³-hybridized carbons (Fsp3) is 0.765. The van der Waals surface area contributed by atoms with Gasteiger partial charge in [-0.2, -0.15) is 10.2 Å². The molecule has 2 aromatic heterocycles. The first-order valence-corrected chi connectivity index (χ1v) is 28.5. The number of nitrogens with zero attached hydrogens (tertiary/aromatic N) is 11. The van der Waals surface area contributed by atoms with E-state index >= 15 is 0 Å². The monoisotopic (exact) mass is 1080 g/mol. The van der Waals surface area contributed by atoms with Crippen LogP contribution in [0.4, 0.5) is 0 Å². The van der Waals surface area contributed by atoms with Crippen LogP contribution >= 0.6 is 34.8 Å². The van der Waals surface area contributed by atoms with Gasteiger partial charge >= 0.3 is 0 Å². The van der Waals surface area contributed by atoms with E-state index in [4.69, 9.17) is 34.8 Å². The SMILES string of the molecule is O=C(C1CNC1)N1CCCN(C2CCC2)CC1.O=C(CCl)N1CC(C(=O)N2CCCN(C3CCC3)CC2)C1.O=C(Cl)CCl.O=C(Cn1cccn1)N1CC(C(=O)N2CCCN(C3CCC3)CC2)C1.c1cn[nH]c1. The maximum absolute atomic E-state index is 12.7. The predicted molar refractivity (Wildman–Crippen MR) is 281 cm³/mol. The Kier molecular flexibility index (Phi) is 22.9. The number of nitrogens with one attached hydrogen (secondary N) is 2. The summed E-state index contributed by atoms with van der Waals surface area (Å²) < 4.78 is 1.63. The Balaban J connectivity index is 0.000000148. The number of aromatic nitrogens is 4. The Bertz CT molecular complexity index is 1990. The highest BCUT2D eigenvalue weighted by molar-refractivity contribution is 6.67. The number of hydrogen-bond acceptors (Lipinski definition) is 12. The average Bonchev–Trinajstić information content (AvgIpc) is 3.87. The molecular formula is C51H80Cl3N13O6. The van der Waals surface area contributed by atoms with E-state index < -0.39 is 5.24 Å². The van der Waals surface area contributed by atoms with Crippen LogP contribution in [0.1, 0.15) is 77.0 Å². The Hall–Kier alpha value is -3.85. The Morgan fingerprint density at radius 1 is 0.493 bits per heavy atom. The summed E-state index contributed by atoms with van der Waals surface area (Å²) in [6, 6.07) is 5.99. The summed E-state index contributed by atoms with van der Waals surface area (Å²) in [6.07, 6.45) is 22.4. The predicted octanol–water partition coefficient (Wildman–Crippen LogP) is 2.89. The molecule has 0 spiro atoms. The number of likely N-dealkylation sites (tertiary alicyclic amines) is 2. The van der Waals surface area contributed by atoms with Crippen molar-refractivity contribution in [3.63, 3.8) is 0 Å². The molecule has 0 unspecified atom stereocenters. The first-order valence-electron chi connectivity index (χ1n) is 27.1. The maximum atomic E-state index is 12.7. The van der Waals surface area contributed by atoms with Crippen molar-refractivity contribution in [2.75, 3.05) is 130 Å². The lowest BCUT2D eigenvalue weighted by Gasteiger charge is -2.40. The molecule has 2 N–H and O–H groups in total. The van der Waals surface area contributed by atoms with Crippen LogP contribution in [0.2, 0.25) is 0 Å². The quantitative estimate of drug-likeness (QED) is 0.262. The third-order valence-electron chi connectivity index (χ3n) is 16.1. The van der Waals surface area contributed by atoms with Crippen LogP contribution in [0.25, 0.3) is 0 Å². The van der Waals surface area contributed by atoms with Crippen molar-refractivity contribution in [3.8, 4) is 0 Å². The second-order valence-corrected chi connectivity index (χ2v) is 21.8. The summed E-state index contributed by atoms with van der Waals surface area (Å²) in [4.78, 5) is 87.7. The van der Waals surface area contributed by atoms with Crippen LogP contribution in [-0.2, 0) is 35.3 Å². The minimum absolute atomic E-state index is 0.00702. The van der Waals surface area contributed by atoms with Crippen LogP contribution in [0, 0.1) is 17.8 Å². The van der Waals surface area contributed by atoms with Gasteiger partial charge in [0, 0.05) is 161 Å². The van der Waals surface area contributed by atoms with Crippen LogP contribution < -0.4 is 5.32 Å². The zero-order valence-electron chi connectivity index (χ0n) is 42.8. The van der Waals surface area contributed by atoms with Gasteiger partial charge in [0.25, 0.3) is 0 Å². The number of carbonyl (C=O) groups is 6. The number of amides is 5. The molecule has 6 saturated heterocycles. The topological polar surface area (TPSA) is 187 Å². The van der Waals surface area contributed by atoms with Crippen molar-refractivity contribution >= 4 is 69.6 Å². The third-order valence-corrected chi connectivity index (χ3v) is 16.8. The lowest BCUT2D eigenvalue weighted by Crippen LogP contribution is -2.57. The van der Waals surface area contributed by atoms with E-state index in [2.05, 4.69) is 40.2 Å². The van der Waals surface area contributed by atoms with E-state index in [-0.39, 0.29) is 59.7 Å². The molecule has 9 aliphatic rings. The molecule has 8 heterocycles.